The molecule has 0 unspecified atom stereocenters. The van der Waals surface area contributed by atoms with E-state index in [1.165, 1.54) is 6.07 Å². The van der Waals surface area contributed by atoms with Crippen LogP contribution in [-0.2, 0) is 12.7 Å². The van der Waals surface area contributed by atoms with Gasteiger partial charge in [-0.3, -0.25) is 0 Å². The molecule has 8 heteroatoms. The minimum Gasteiger partial charge on any atom is -0.360 e. The van der Waals surface area contributed by atoms with E-state index in [2.05, 4.69) is 14.7 Å². The van der Waals surface area contributed by atoms with E-state index in [0.717, 1.165) is 0 Å². The first-order chi connectivity index (χ1) is 8.36. The standard InChI is InChI=1S/C10H2F4N4/c1-16-4-6-5(3-15)7(11)8(10(12,13)14)18-9(6)17-2/h4H2. The molecule has 1 aromatic heterocycles. The Bertz CT molecular complexity index is 613. The molecule has 0 aliphatic rings. The highest BCUT2D eigenvalue weighted by molar-refractivity contribution is 5.56. The fourth-order valence-electron chi connectivity index (χ4n) is 1.21. The second-order valence-electron chi connectivity index (χ2n) is 2.99. The molecule has 1 heterocycles. The van der Waals surface area contributed by atoms with Gasteiger partial charge in [0.25, 0.3) is 11.5 Å². The van der Waals surface area contributed by atoms with Gasteiger partial charge in [-0.1, -0.05) is 6.57 Å². The predicted molar refractivity (Wildman–Crippen MR) is 50.5 cm³/mol. The van der Waals surface area contributed by atoms with Crippen LogP contribution in [0.3, 0.4) is 0 Å². The molecule has 0 aliphatic carbocycles. The summed E-state index contributed by atoms with van der Waals surface area (Å²) in [7, 11) is 0. The molecule has 0 bridgehead atoms. The molecule has 0 spiro atoms. The largest absolute Gasteiger partial charge is 0.459 e. The van der Waals surface area contributed by atoms with E-state index in [-0.39, 0.29) is 0 Å². The summed E-state index contributed by atoms with van der Waals surface area (Å²) in [6.45, 7) is 12.7. The molecule has 1 aromatic rings. The molecular formula is C10H2F4N4. The molecule has 18 heavy (non-hydrogen) atoms. The molecule has 0 saturated carbocycles. The summed E-state index contributed by atoms with van der Waals surface area (Å²) in [5.74, 6) is -2.63. The number of pyridine rings is 1. The third kappa shape index (κ3) is 2.21. The fraction of sp³-hybridized carbons (Fsp3) is 0.200. The van der Waals surface area contributed by atoms with Crippen molar-refractivity contribution in [3.8, 4) is 6.07 Å². The maximum Gasteiger partial charge on any atom is 0.459 e. The van der Waals surface area contributed by atoms with Crippen LogP contribution in [0.4, 0.5) is 23.4 Å². The average Bonchev–Trinajstić information content (AvgIpc) is 2.28. The van der Waals surface area contributed by atoms with Crippen LogP contribution in [0.15, 0.2) is 0 Å². The normalized spacial score (nSPS) is 10.3. The molecule has 0 amide bonds. The quantitative estimate of drug-likeness (QED) is 0.571. The van der Waals surface area contributed by atoms with Crippen molar-refractivity contribution >= 4 is 5.82 Å². The number of aromatic nitrogens is 1. The monoisotopic (exact) mass is 254 g/mol. The molecule has 0 N–H and O–H groups in total. The van der Waals surface area contributed by atoms with Gasteiger partial charge in [0, 0.05) is 0 Å². The van der Waals surface area contributed by atoms with E-state index in [9.17, 15) is 17.6 Å². The summed E-state index contributed by atoms with van der Waals surface area (Å²) in [6.07, 6.45) is -5.11. The zero-order valence-corrected chi connectivity index (χ0v) is 8.51. The van der Waals surface area contributed by atoms with Gasteiger partial charge >= 0.3 is 6.18 Å². The maximum atomic E-state index is 13.5. The summed E-state index contributed by atoms with van der Waals surface area (Å²) in [4.78, 5) is 8.36. The van der Waals surface area contributed by atoms with Crippen LogP contribution in [0.25, 0.3) is 9.69 Å². The third-order valence-electron chi connectivity index (χ3n) is 1.94. The number of halogens is 4. The van der Waals surface area contributed by atoms with Gasteiger partial charge in [-0.2, -0.15) is 18.4 Å². The van der Waals surface area contributed by atoms with Gasteiger partial charge in [-0.15, -0.1) is 4.98 Å². The van der Waals surface area contributed by atoms with Gasteiger partial charge in [-0.05, 0) is 0 Å². The van der Waals surface area contributed by atoms with Gasteiger partial charge in [0.15, 0.2) is 5.82 Å². The van der Waals surface area contributed by atoms with E-state index in [0.29, 0.717) is 0 Å². The van der Waals surface area contributed by atoms with E-state index >= 15 is 0 Å². The van der Waals surface area contributed by atoms with Crippen LogP contribution in [-0.4, -0.2) is 4.98 Å². The lowest BCUT2D eigenvalue weighted by Gasteiger charge is -2.07. The zero-order chi connectivity index (χ0) is 13.9. The fourth-order valence-corrected chi connectivity index (χ4v) is 1.21. The van der Waals surface area contributed by atoms with E-state index < -0.39 is 41.2 Å². The van der Waals surface area contributed by atoms with Gasteiger partial charge in [0.05, 0.1) is 11.1 Å². The first kappa shape index (κ1) is 13.4. The molecule has 90 valence electrons. The number of rotatable bonds is 1. The molecule has 0 aliphatic heterocycles. The Morgan fingerprint density at radius 1 is 1.33 bits per heavy atom. The van der Waals surface area contributed by atoms with Crippen molar-refractivity contribution in [3.05, 3.63) is 45.5 Å². The summed E-state index contributed by atoms with van der Waals surface area (Å²) >= 11 is 0. The lowest BCUT2D eigenvalue weighted by molar-refractivity contribution is -0.143. The molecule has 4 nitrogen and oxygen atoms in total. The Kier molecular flexibility index (Phi) is 3.49. The van der Waals surface area contributed by atoms with E-state index in [4.69, 9.17) is 18.4 Å². The van der Waals surface area contributed by atoms with Crippen LogP contribution >= 0.6 is 0 Å². The van der Waals surface area contributed by atoms with Crippen molar-refractivity contribution in [2.75, 3.05) is 0 Å². The Balaban J connectivity index is 3.73. The Morgan fingerprint density at radius 3 is 2.33 bits per heavy atom. The third-order valence-corrected chi connectivity index (χ3v) is 1.94. The second-order valence-corrected chi connectivity index (χ2v) is 2.99. The van der Waals surface area contributed by atoms with Crippen LogP contribution in [0.1, 0.15) is 16.8 Å². The number of hydrogen-bond acceptors (Lipinski definition) is 2. The summed E-state index contributed by atoms with van der Waals surface area (Å²) in [5, 5.41) is 8.65. The van der Waals surface area contributed by atoms with Gasteiger partial charge in [0.1, 0.15) is 6.07 Å². The van der Waals surface area contributed by atoms with Crippen LogP contribution in [0.5, 0.6) is 0 Å². The van der Waals surface area contributed by atoms with Gasteiger partial charge in [0.2, 0.25) is 6.54 Å². The number of nitrogens with zero attached hydrogens (tertiary/aromatic N) is 4. The highest BCUT2D eigenvalue weighted by Gasteiger charge is 2.42. The summed E-state index contributed by atoms with van der Waals surface area (Å²) in [6, 6.07) is 1.23. The zero-order valence-electron chi connectivity index (χ0n) is 8.51. The number of alkyl halides is 3. The summed E-state index contributed by atoms with van der Waals surface area (Å²) < 4.78 is 50.7. The van der Waals surface area contributed by atoms with Crippen LogP contribution in [0.2, 0.25) is 0 Å². The molecule has 0 aromatic carbocycles. The van der Waals surface area contributed by atoms with Gasteiger partial charge in [-0.25, -0.2) is 11.0 Å². The lowest BCUT2D eigenvalue weighted by Crippen LogP contribution is -2.14. The van der Waals surface area contributed by atoms with Crippen molar-refractivity contribution in [2.24, 2.45) is 0 Å². The predicted octanol–water partition coefficient (Wildman–Crippen LogP) is 3.08. The summed E-state index contributed by atoms with van der Waals surface area (Å²) in [5.41, 5.74) is -3.30. The molecule has 0 atom stereocenters. The minimum absolute atomic E-state index is 0.423. The first-order valence-electron chi connectivity index (χ1n) is 4.27. The van der Waals surface area contributed by atoms with Crippen molar-refractivity contribution in [1.82, 2.24) is 4.98 Å². The van der Waals surface area contributed by atoms with Gasteiger partial charge < -0.3 is 9.69 Å². The average molecular weight is 254 g/mol. The van der Waals surface area contributed by atoms with Crippen LogP contribution in [0, 0.1) is 30.3 Å². The SMILES string of the molecule is [C-]#[N+]Cc1c([N+]#[C-])nc(C(F)(F)F)c(F)c1C#N. The van der Waals surface area contributed by atoms with E-state index in [1.54, 1.807) is 0 Å². The molecule has 1 rings (SSSR count). The van der Waals surface area contributed by atoms with Crippen molar-refractivity contribution < 1.29 is 17.6 Å². The van der Waals surface area contributed by atoms with Crippen LogP contribution < -0.4 is 0 Å². The highest BCUT2D eigenvalue weighted by Crippen LogP contribution is 2.35. The Morgan fingerprint density at radius 2 is 1.94 bits per heavy atom. The van der Waals surface area contributed by atoms with Crippen molar-refractivity contribution in [2.45, 2.75) is 12.7 Å². The van der Waals surface area contributed by atoms with Crippen molar-refractivity contribution in [3.63, 3.8) is 0 Å². The Hall–Kier alpha value is -2.66. The highest BCUT2D eigenvalue weighted by atomic mass is 19.4. The van der Waals surface area contributed by atoms with E-state index in [1.807, 2.05) is 0 Å². The molecular weight excluding hydrogens is 252 g/mol. The molecule has 0 fully saturated rings. The first-order valence-corrected chi connectivity index (χ1v) is 4.27. The second kappa shape index (κ2) is 4.68. The lowest BCUT2D eigenvalue weighted by atomic mass is 10.1. The topological polar surface area (TPSA) is 45.4 Å². The molecule has 0 saturated heterocycles. The smallest absolute Gasteiger partial charge is 0.360 e. The molecule has 0 radical (unpaired) electrons. The van der Waals surface area contributed by atoms with Crippen molar-refractivity contribution in [1.29, 1.82) is 5.26 Å². The Labute approximate surface area is 98.7 Å². The minimum atomic E-state index is -5.11. The number of hydrogen-bond donors (Lipinski definition) is 0. The maximum absolute atomic E-state index is 13.5. The number of nitriles is 1.